The number of hydrogen-bond donors (Lipinski definition) is 1. The SMILES string of the molecule is COCC(C)NCCOCCc1ccccc1. The minimum absolute atomic E-state index is 0.387. The highest BCUT2D eigenvalue weighted by atomic mass is 16.5. The van der Waals surface area contributed by atoms with E-state index in [1.54, 1.807) is 7.11 Å². The van der Waals surface area contributed by atoms with Crippen LogP contribution >= 0.6 is 0 Å². The predicted molar refractivity (Wildman–Crippen MR) is 70.3 cm³/mol. The van der Waals surface area contributed by atoms with Crippen LogP contribution in [0.15, 0.2) is 30.3 Å². The average molecular weight is 237 g/mol. The summed E-state index contributed by atoms with van der Waals surface area (Å²) in [5.41, 5.74) is 1.33. The Bertz CT molecular complexity index is 277. The summed E-state index contributed by atoms with van der Waals surface area (Å²) >= 11 is 0. The Hall–Kier alpha value is -0.900. The van der Waals surface area contributed by atoms with Crippen molar-refractivity contribution in [3.63, 3.8) is 0 Å². The zero-order valence-electron chi connectivity index (χ0n) is 10.8. The molecular formula is C14H23NO2. The maximum absolute atomic E-state index is 5.56. The predicted octanol–water partition coefficient (Wildman–Crippen LogP) is 1.87. The molecule has 1 atom stereocenters. The van der Waals surface area contributed by atoms with Gasteiger partial charge < -0.3 is 14.8 Å². The first-order valence-electron chi connectivity index (χ1n) is 6.17. The quantitative estimate of drug-likeness (QED) is 0.665. The van der Waals surface area contributed by atoms with Gasteiger partial charge >= 0.3 is 0 Å². The van der Waals surface area contributed by atoms with Crippen molar-refractivity contribution in [3.05, 3.63) is 35.9 Å². The van der Waals surface area contributed by atoms with Crippen LogP contribution in [-0.2, 0) is 15.9 Å². The van der Waals surface area contributed by atoms with E-state index in [-0.39, 0.29) is 0 Å². The maximum atomic E-state index is 5.56. The maximum Gasteiger partial charge on any atom is 0.0613 e. The fourth-order valence-corrected chi connectivity index (χ4v) is 1.62. The molecule has 0 radical (unpaired) electrons. The molecule has 17 heavy (non-hydrogen) atoms. The highest BCUT2D eigenvalue weighted by Gasteiger charge is 1.98. The van der Waals surface area contributed by atoms with Crippen LogP contribution in [0.5, 0.6) is 0 Å². The molecule has 0 aliphatic carbocycles. The van der Waals surface area contributed by atoms with E-state index in [9.17, 15) is 0 Å². The first kappa shape index (κ1) is 14.2. The molecule has 1 aromatic rings. The first-order chi connectivity index (χ1) is 8.33. The van der Waals surface area contributed by atoms with Crippen LogP contribution in [-0.4, -0.2) is 39.5 Å². The number of benzene rings is 1. The number of hydrogen-bond acceptors (Lipinski definition) is 3. The minimum atomic E-state index is 0.387. The van der Waals surface area contributed by atoms with E-state index in [1.807, 2.05) is 6.07 Å². The lowest BCUT2D eigenvalue weighted by Crippen LogP contribution is -2.32. The summed E-state index contributed by atoms with van der Waals surface area (Å²) in [5, 5.41) is 3.33. The van der Waals surface area contributed by atoms with Crippen LogP contribution < -0.4 is 5.32 Å². The summed E-state index contributed by atoms with van der Waals surface area (Å²) in [7, 11) is 1.72. The van der Waals surface area contributed by atoms with Crippen LogP contribution in [0.3, 0.4) is 0 Å². The van der Waals surface area contributed by atoms with Crippen molar-refractivity contribution in [2.45, 2.75) is 19.4 Å². The van der Waals surface area contributed by atoms with E-state index >= 15 is 0 Å². The molecule has 1 aromatic carbocycles. The number of ether oxygens (including phenoxy) is 2. The lowest BCUT2D eigenvalue weighted by molar-refractivity contribution is 0.128. The van der Waals surface area contributed by atoms with Crippen LogP contribution in [0.1, 0.15) is 12.5 Å². The van der Waals surface area contributed by atoms with Gasteiger partial charge in [-0.1, -0.05) is 30.3 Å². The number of rotatable bonds is 9. The van der Waals surface area contributed by atoms with Crippen LogP contribution in [0.25, 0.3) is 0 Å². The van der Waals surface area contributed by atoms with Gasteiger partial charge in [0, 0.05) is 19.7 Å². The van der Waals surface area contributed by atoms with Gasteiger partial charge in [0.05, 0.1) is 19.8 Å². The Kier molecular flexibility index (Phi) is 7.63. The molecule has 0 aliphatic rings. The summed E-state index contributed by atoms with van der Waals surface area (Å²) < 4.78 is 10.6. The molecule has 0 amide bonds. The summed E-state index contributed by atoms with van der Waals surface area (Å²) in [6.07, 6.45) is 0.981. The lowest BCUT2D eigenvalue weighted by atomic mass is 10.2. The third-order valence-electron chi connectivity index (χ3n) is 2.53. The summed E-state index contributed by atoms with van der Waals surface area (Å²) in [6, 6.07) is 10.8. The Morgan fingerprint density at radius 2 is 1.94 bits per heavy atom. The van der Waals surface area contributed by atoms with Crippen molar-refractivity contribution in [2.75, 3.05) is 33.5 Å². The Labute approximate surface area is 104 Å². The van der Waals surface area contributed by atoms with E-state index in [2.05, 4.69) is 36.5 Å². The Morgan fingerprint density at radius 1 is 1.18 bits per heavy atom. The molecular weight excluding hydrogens is 214 g/mol. The van der Waals surface area contributed by atoms with E-state index in [4.69, 9.17) is 9.47 Å². The molecule has 0 fully saturated rings. The molecule has 3 nitrogen and oxygen atoms in total. The minimum Gasteiger partial charge on any atom is -0.383 e. The van der Waals surface area contributed by atoms with Crippen molar-refractivity contribution in [1.29, 1.82) is 0 Å². The van der Waals surface area contributed by atoms with Gasteiger partial charge in [0.25, 0.3) is 0 Å². The standard InChI is InChI=1S/C14H23NO2/c1-13(12-16-2)15-9-11-17-10-8-14-6-4-3-5-7-14/h3-7,13,15H,8-12H2,1-2H3. The molecule has 0 aliphatic heterocycles. The van der Waals surface area contributed by atoms with Gasteiger partial charge in [0.2, 0.25) is 0 Å². The fourth-order valence-electron chi connectivity index (χ4n) is 1.62. The normalized spacial score (nSPS) is 12.6. The third kappa shape index (κ3) is 7.10. The first-order valence-corrected chi connectivity index (χ1v) is 6.17. The second-order valence-electron chi connectivity index (χ2n) is 4.16. The summed E-state index contributed by atoms with van der Waals surface area (Å²) in [6.45, 7) is 5.25. The molecule has 3 heteroatoms. The van der Waals surface area contributed by atoms with E-state index < -0.39 is 0 Å². The fraction of sp³-hybridized carbons (Fsp3) is 0.571. The molecule has 0 spiro atoms. The molecule has 0 heterocycles. The van der Waals surface area contributed by atoms with Gasteiger partial charge in [-0.2, -0.15) is 0 Å². The second-order valence-corrected chi connectivity index (χ2v) is 4.16. The Morgan fingerprint density at radius 3 is 2.65 bits per heavy atom. The van der Waals surface area contributed by atoms with Gasteiger partial charge in [-0.15, -0.1) is 0 Å². The number of methoxy groups -OCH3 is 1. The smallest absolute Gasteiger partial charge is 0.0613 e. The zero-order chi connectivity index (χ0) is 12.3. The van der Waals surface area contributed by atoms with Gasteiger partial charge in [-0.3, -0.25) is 0 Å². The summed E-state index contributed by atoms with van der Waals surface area (Å²) in [5.74, 6) is 0. The molecule has 1 rings (SSSR count). The van der Waals surface area contributed by atoms with Crippen LogP contribution in [0, 0.1) is 0 Å². The highest BCUT2D eigenvalue weighted by Crippen LogP contribution is 1.99. The summed E-state index contributed by atoms with van der Waals surface area (Å²) in [4.78, 5) is 0. The van der Waals surface area contributed by atoms with Crippen LogP contribution in [0.2, 0.25) is 0 Å². The van der Waals surface area contributed by atoms with Gasteiger partial charge in [-0.25, -0.2) is 0 Å². The van der Waals surface area contributed by atoms with Crippen molar-refractivity contribution < 1.29 is 9.47 Å². The molecule has 0 saturated carbocycles. The van der Waals surface area contributed by atoms with Crippen molar-refractivity contribution >= 4 is 0 Å². The topological polar surface area (TPSA) is 30.5 Å². The van der Waals surface area contributed by atoms with Crippen molar-refractivity contribution in [1.82, 2.24) is 5.32 Å². The van der Waals surface area contributed by atoms with E-state index in [0.717, 1.165) is 32.8 Å². The monoisotopic (exact) mass is 237 g/mol. The van der Waals surface area contributed by atoms with Gasteiger partial charge in [0.15, 0.2) is 0 Å². The van der Waals surface area contributed by atoms with E-state index in [0.29, 0.717) is 6.04 Å². The van der Waals surface area contributed by atoms with Crippen molar-refractivity contribution in [3.8, 4) is 0 Å². The van der Waals surface area contributed by atoms with Gasteiger partial charge in [0.1, 0.15) is 0 Å². The van der Waals surface area contributed by atoms with Crippen LogP contribution in [0.4, 0.5) is 0 Å². The van der Waals surface area contributed by atoms with Gasteiger partial charge in [-0.05, 0) is 18.9 Å². The Balaban J connectivity index is 1.95. The molecule has 1 unspecified atom stereocenters. The van der Waals surface area contributed by atoms with Crippen molar-refractivity contribution in [2.24, 2.45) is 0 Å². The molecule has 1 N–H and O–H groups in total. The zero-order valence-corrected chi connectivity index (χ0v) is 10.8. The lowest BCUT2D eigenvalue weighted by Gasteiger charge is -2.12. The second kappa shape index (κ2) is 9.16. The van der Waals surface area contributed by atoms with E-state index in [1.165, 1.54) is 5.56 Å². The molecule has 0 aromatic heterocycles. The highest BCUT2D eigenvalue weighted by molar-refractivity contribution is 5.14. The average Bonchev–Trinajstić information content (AvgIpc) is 2.35. The molecule has 0 saturated heterocycles. The number of nitrogens with one attached hydrogen (secondary N) is 1. The molecule has 96 valence electrons. The molecule has 0 bridgehead atoms. The third-order valence-corrected chi connectivity index (χ3v) is 2.53. The largest absolute Gasteiger partial charge is 0.383 e.